The number of halogens is 1. The molecule has 0 aliphatic heterocycles. The van der Waals surface area contributed by atoms with Gasteiger partial charge in [0.1, 0.15) is 5.54 Å². The van der Waals surface area contributed by atoms with E-state index in [1.807, 2.05) is 31.2 Å². The second-order valence-corrected chi connectivity index (χ2v) is 5.94. The minimum Gasteiger partial charge on any atom is -0.300 e. The van der Waals surface area contributed by atoms with Crippen molar-refractivity contribution in [1.82, 2.24) is 5.32 Å². The molecule has 1 aromatic rings. The van der Waals surface area contributed by atoms with Crippen LogP contribution in [0.2, 0.25) is 5.02 Å². The summed E-state index contributed by atoms with van der Waals surface area (Å²) in [6, 6.07) is 10.2. The van der Waals surface area contributed by atoms with Gasteiger partial charge in [-0.15, -0.1) is 11.8 Å². The molecule has 4 heteroatoms. The molecule has 0 aliphatic rings. The van der Waals surface area contributed by atoms with Crippen LogP contribution in [-0.4, -0.2) is 17.8 Å². The summed E-state index contributed by atoms with van der Waals surface area (Å²) in [4.78, 5) is 1.08. The van der Waals surface area contributed by atoms with Crippen LogP contribution in [0.15, 0.2) is 29.2 Å². The monoisotopic (exact) mass is 282 g/mol. The Hall–Kier alpha value is -0.690. The van der Waals surface area contributed by atoms with E-state index in [-0.39, 0.29) is 0 Å². The molecule has 98 valence electrons. The number of thioether (sulfide) groups is 1. The highest BCUT2D eigenvalue weighted by Crippen LogP contribution is 2.28. The Labute approximate surface area is 119 Å². The first kappa shape index (κ1) is 15.4. The maximum atomic E-state index is 9.22. The highest BCUT2D eigenvalue weighted by Gasteiger charge is 2.22. The van der Waals surface area contributed by atoms with Crippen LogP contribution in [0.25, 0.3) is 0 Å². The Morgan fingerprint density at radius 1 is 1.44 bits per heavy atom. The van der Waals surface area contributed by atoms with Gasteiger partial charge in [-0.1, -0.05) is 30.7 Å². The maximum absolute atomic E-state index is 9.22. The maximum Gasteiger partial charge on any atom is 0.104 e. The zero-order valence-electron chi connectivity index (χ0n) is 10.9. The minimum absolute atomic E-state index is 0.440. The fraction of sp³-hybridized carbons (Fsp3) is 0.500. The third-order valence-electron chi connectivity index (χ3n) is 2.71. The molecule has 0 spiro atoms. The molecule has 0 fully saturated rings. The van der Waals surface area contributed by atoms with Crippen molar-refractivity contribution < 1.29 is 0 Å². The van der Waals surface area contributed by atoms with Crippen molar-refractivity contribution in [1.29, 1.82) is 5.26 Å². The third kappa shape index (κ3) is 4.89. The van der Waals surface area contributed by atoms with Gasteiger partial charge >= 0.3 is 0 Å². The highest BCUT2D eigenvalue weighted by atomic mass is 35.5. The Kier molecular flexibility index (Phi) is 6.56. The van der Waals surface area contributed by atoms with Crippen molar-refractivity contribution in [3.63, 3.8) is 0 Å². The van der Waals surface area contributed by atoms with Gasteiger partial charge in [-0.3, -0.25) is 5.32 Å². The quantitative estimate of drug-likeness (QED) is 0.765. The molecule has 1 unspecified atom stereocenters. The van der Waals surface area contributed by atoms with Gasteiger partial charge in [-0.05, 0) is 38.4 Å². The van der Waals surface area contributed by atoms with Gasteiger partial charge in [0.05, 0.1) is 11.1 Å². The van der Waals surface area contributed by atoms with Crippen LogP contribution in [0, 0.1) is 11.3 Å². The Morgan fingerprint density at radius 3 is 2.78 bits per heavy atom. The van der Waals surface area contributed by atoms with E-state index in [2.05, 4.69) is 18.3 Å². The molecule has 0 aliphatic carbocycles. The van der Waals surface area contributed by atoms with Crippen molar-refractivity contribution in [2.75, 3.05) is 12.3 Å². The predicted molar refractivity (Wildman–Crippen MR) is 79.1 cm³/mol. The van der Waals surface area contributed by atoms with Crippen molar-refractivity contribution in [2.24, 2.45) is 0 Å². The second kappa shape index (κ2) is 7.68. The molecule has 2 nitrogen and oxygen atoms in total. The van der Waals surface area contributed by atoms with E-state index in [1.54, 1.807) is 11.8 Å². The van der Waals surface area contributed by atoms with Gasteiger partial charge in [-0.2, -0.15) is 5.26 Å². The molecule has 1 N–H and O–H groups in total. The number of hydrogen-bond acceptors (Lipinski definition) is 3. The van der Waals surface area contributed by atoms with E-state index in [1.165, 1.54) is 0 Å². The van der Waals surface area contributed by atoms with Crippen LogP contribution in [-0.2, 0) is 0 Å². The molecule has 0 bridgehead atoms. The Balaban J connectivity index is 2.45. The molecule has 0 amide bonds. The summed E-state index contributed by atoms with van der Waals surface area (Å²) in [6.07, 6.45) is 1.84. The number of nitrogens with one attached hydrogen (secondary N) is 1. The standard InChI is InChI=1S/C14H19ClN2S/c1-3-9-17-14(2,11-16)8-10-18-13-7-5-4-6-12(13)15/h4-7,17H,3,8-10H2,1-2H3. The topological polar surface area (TPSA) is 35.8 Å². The number of hydrogen-bond donors (Lipinski definition) is 1. The molecular weight excluding hydrogens is 264 g/mol. The van der Waals surface area contributed by atoms with Gasteiger partial charge in [0.25, 0.3) is 0 Å². The van der Waals surface area contributed by atoms with Gasteiger partial charge < -0.3 is 0 Å². The number of rotatable bonds is 7. The molecule has 0 heterocycles. The van der Waals surface area contributed by atoms with Crippen LogP contribution < -0.4 is 5.32 Å². The van der Waals surface area contributed by atoms with E-state index < -0.39 is 5.54 Å². The third-order valence-corrected chi connectivity index (χ3v) is 4.23. The van der Waals surface area contributed by atoms with Crippen LogP contribution in [0.3, 0.4) is 0 Å². The Bertz CT molecular complexity index is 417. The van der Waals surface area contributed by atoms with Crippen LogP contribution in [0.1, 0.15) is 26.7 Å². The fourth-order valence-electron chi connectivity index (χ4n) is 1.51. The lowest BCUT2D eigenvalue weighted by Gasteiger charge is -2.22. The first-order valence-electron chi connectivity index (χ1n) is 6.15. The zero-order chi connectivity index (χ0) is 13.4. The second-order valence-electron chi connectivity index (χ2n) is 4.40. The minimum atomic E-state index is -0.440. The largest absolute Gasteiger partial charge is 0.300 e. The van der Waals surface area contributed by atoms with Gasteiger partial charge in [0, 0.05) is 10.6 Å². The van der Waals surface area contributed by atoms with E-state index in [9.17, 15) is 5.26 Å². The molecule has 1 rings (SSSR count). The van der Waals surface area contributed by atoms with E-state index in [0.29, 0.717) is 0 Å². The lowest BCUT2D eigenvalue weighted by atomic mass is 10.0. The molecule has 1 aromatic carbocycles. The lowest BCUT2D eigenvalue weighted by Crippen LogP contribution is -2.41. The first-order chi connectivity index (χ1) is 8.61. The summed E-state index contributed by atoms with van der Waals surface area (Å²) in [7, 11) is 0. The lowest BCUT2D eigenvalue weighted by molar-refractivity contribution is 0.437. The summed E-state index contributed by atoms with van der Waals surface area (Å²) in [5.41, 5.74) is -0.440. The van der Waals surface area contributed by atoms with Crippen LogP contribution >= 0.6 is 23.4 Å². The fourth-order valence-corrected chi connectivity index (χ4v) is 2.92. The molecule has 0 aromatic heterocycles. The molecule has 1 atom stereocenters. The predicted octanol–water partition coefficient (Wildman–Crippen LogP) is 4.10. The molecular formula is C14H19ClN2S. The average Bonchev–Trinajstić information content (AvgIpc) is 2.39. The van der Waals surface area contributed by atoms with Gasteiger partial charge in [0.15, 0.2) is 0 Å². The molecule has 18 heavy (non-hydrogen) atoms. The summed E-state index contributed by atoms with van der Waals surface area (Å²) in [5, 5.41) is 13.3. The molecule has 0 radical (unpaired) electrons. The molecule has 0 saturated carbocycles. The summed E-state index contributed by atoms with van der Waals surface area (Å²) < 4.78 is 0. The normalized spacial score (nSPS) is 13.9. The van der Waals surface area contributed by atoms with Gasteiger partial charge in [-0.25, -0.2) is 0 Å². The zero-order valence-corrected chi connectivity index (χ0v) is 12.4. The highest BCUT2D eigenvalue weighted by molar-refractivity contribution is 7.99. The smallest absolute Gasteiger partial charge is 0.104 e. The van der Waals surface area contributed by atoms with Crippen molar-refractivity contribution >= 4 is 23.4 Å². The van der Waals surface area contributed by atoms with E-state index in [0.717, 1.165) is 35.1 Å². The number of benzene rings is 1. The van der Waals surface area contributed by atoms with E-state index in [4.69, 9.17) is 11.6 Å². The SMILES string of the molecule is CCCNC(C)(C#N)CCSc1ccccc1Cl. The van der Waals surface area contributed by atoms with E-state index >= 15 is 0 Å². The van der Waals surface area contributed by atoms with Gasteiger partial charge in [0.2, 0.25) is 0 Å². The number of nitriles is 1. The van der Waals surface area contributed by atoms with Crippen LogP contribution in [0.4, 0.5) is 0 Å². The van der Waals surface area contributed by atoms with Crippen molar-refractivity contribution in [3.8, 4) is 6.07 Å². The summed E-state index contributed by atoms with van der Waals surface area (Å²) in [6.45, 7) is 4.93. The number of nitrogens with zero attached hydrogens (tertiary/aromatic N) is 1. The average molecular weight is 283 g/mol. The molecule has 0 saturated heterocycles. The van der Waals surface area contributed by atoms with Crippen molar-refractivity contribution in [3.05, 3.63) is 29.3 Å². The first-order valence-corrected chi connectivity index (χ1v) is 7.51. The Morgan fingerprint density at radius 2 is 2.17 bits per heavy atom. The van der Waals surface area contributed by atoms with Crippen LogP contribution in [0.5, 0.6) is 0 Å². The summed E-state index contributed by atoms with van der Waals surface area (Å²) in [5.74, 6) is 0.879. The summed E-state index contributed by atoms with van der Waals surface area (Å²) >= 11 is 7.79. The van der Waals surface area contributed by atoms with Crippen molar-refractivity contribution in [2.45, 2.75) is 37.1 Å².